The Balaban J connectivity index is 2.09. The lowest BCUT2D eigenvalue weighted by atomic mass is 9.76. The van der Waals surface area contributed by atoms with Gasteiger partial charge in [0.15, 0.2) is 0 Å². The summed E-state index contributed by atoms with van der Waals surface area (Å²) in [5.41, 5.74) is -0.342. The maximum absolute atomic E-state index is 12.4. The third kappa shape index (κ3) is 2.99. The topological polar surface area (TPSA) is 57.6 Å². The van der Waals surface area contributed by atoms with Crippen molar-refractivity contribution < 1.29 is 14.7 Å². The highest BCUT2D eigenvalue weighted by atomic mass is 16.4. The number of hydrogen-bond donors (Lipinski definition) is 1. The maximum atomic E-state index is 12.4. The molecule has 1 heterocycles. The highest BCUT2D eigenvalue weighted by Crippen LogP contribution is 2.36. The minimum Gasteiger partial charge on any atom is -0.480 e. The Hall–Kier alpha value is -1.32. The van der Waals surface area contributed by atoms with Gasteiger partial charge in [0.1, 0.15) is 6.04 Å². The molecular weight excluding hydrogens is 242 g/mol. The fourth-order valence-corrected chi connectivity index (χ4v) is 3.34. The van der Waals surface area contributed by atoms with E-state index in [0.29, 0.717) is 18.9 Å². The zero-order valence-electron chi connectivity index (χ0n) is 11.8. The van der Waals surface area contributed by atoms with E-state index in [0.717, 1.165) is 25.7 Å². The smallest absolute Gasteiger partial charge is 0.326 e. The summed E-state index contributed by atoms with van der Waals surface area (Å²) in [6.45, 7) is 4.47. The Labute approximate surface area is 114 Å². The molecule has 0 aromatic carbocycles. The number of piperidine rings is 1. The molecule has 0 radical (unpaired) electrons. The summed E-state index contributed by atoms with van der Waals surface area (Å²) in [6.07, 6.45) is 8.44. The molecule has 1 amide bonds. The van der Waals surface area contributed by atoms with Crippen molar-refractivity contribution in [1.82, 2.24) is 4.90 Å². The predicted octanol–water partition coefficient (Wildman–Crippen LogP) is 2.44. The number of carbonyl (C=O) groups is 2. The van der Waals surface area contributed by atoms with Crippen LogP contribution in [0.4, 0.5) is 0 Å². The van der Waals surface area contributed by atoms with Crippen LogP contribution < -0.4 is 0 Å². The molecule has 2 aliphatic rings. The van der Waals surface area contributed by atoms with Crippen molar-refractivity contribution in [2.75, 3.05) is 6.54 Å². The van der Waals surface area contributed by atoms with Crippen LogP contribution in [0.5, 0.6) is 0 Å². The summed E-state index contributed by atoms with van der Waals surface area (Å²) in [5, 5.41) is 9.45. The van der Waals surface area contributed by atoms with Crippen molar-refractivity contribution in [2.45, 2.75) is 52.0 Å². The van der Waals surface area contributed by atoms with E-state index in [1.54, 1.807) is 4.90 Å². The Morgan fingerprint density at radius 3 is 2.74 bits per heavy atom. The zero-order valence-corrected chi connectivity index (χ0v) is 11.8. The summed E-state index contributed by atoms with van der Waals surface area (Å²) in [5.74, 6) is -0.580. The molecule has 1 aliphatic carbocycles. The largest absolute Gasteiger partial charge is 0.480 e. The van der Waals surface area contributed by atoms with Crippen LogP contribution in [0.25, 0.3) is 0 Å². The second-order valence-corrected chi connectivity index (χ2v) is 6.39. The van der Waals surface area contributed by atoms with Gasteiger partial charge in [0, 0.05) is 13.0 Å². The van der Waals surface area contributed by atoms with Gasteiger partial charge in [-0.1, -0.05) is 26.0 Å². The Morgan fingerprint density at radius 2 is 2.16 bits per heavy atom. The Kier molecular flexibility index (Phi) is 3.97. The van der Waals surface area contributed by atoms with Crippen LogP contribution in [0.15, 0.2) is 12.2 Å². The van der Waals surface area contributed by atoms with E-state index in [-0.39, 0.29) is 11.3 Å². The van der Waals surface area contributed by atoms with Crippen molar-refractivity contribution in [1.29, 1.82) is 0 Å². The number of carboxylic acid groups (broad SMARTS) is 1. The molecule has 4 heteroatoms. The van der Waals surface area contributed by atoms with E-state index in [1.807, 2.05) is 13.8 Å². The van der Waals surface area contributed by atoms with Crippen LogP contribution in [0.1, 0.15) is 46.0 Å². The lowest BCUT2D eigenvalue weighted by Crippen LogP contribution is -2.56. The fourth-order valence-electron chi connectivity index (χ4n) is 3.34. The number of nitrogens with zero attached hydrogens (tertiary/aromatic N) is 1. The predicted molar refractivity (Wildman–Crippen MR) is 72.6 cm³/mol. The molecule has 4 nitrogen and oxygen atoms in total. The van der Waals surface area contributed by atoms with Gasteiger partial charge >= 0.3 is 5.97 Å². The molecule has 0 aromatic heterocycles. The van der Waals surface area contributed by atoms with E-state index in [2.05, 4.69) is 12.2 Å². The van der Waals surface area contributed by atoms with Crippen LogP contribution in [-0.4, -0.2) is 34.5 Å². The number of aliphatic carboxylic acids is 1. The molecule has 19 heavy (non-hydrogen) atoms. The standard InChI is InChI=1S/C15H23NO3/c1-15(2)8-5-9-16(13(15)14(18)19)12(17)10-11-6-3-4-7-11/h3,6,11,13H,4-5,7-10H2,1-2H3,(H,18,19). The number of allylic oxidation sites excluding steroid dienone is 2. The quantitative estimate of drug-likeness (QED) is 0.797. The SMILES string of the molecule is CC1(C)CCCN(C(=O)CC2C=CCC2)C1C(=O)O. The molecule has 1 aliphatic heterocycles. The van der Waals surface area contributed by atoms with Gasteiger partial charge in [-0.2, -0.15) is 0 Å². The van der Waals surface area contributed by atoms with E-state index in [1.165, 1.54) is 0 Å². The maximum Gasteiger partial charge on any atom is 0.326 e. The van der Waals surface area contributed by atoms with Crippen molar-refractivity contribution >= 4 is 11.9 Å². The highest BCUT2D eigenvalue weighted by molar-refractivity contribution is 5.84. The van der Waals surface area contributed by atoms with Gasteiger partial charge < -0.3 is 10.0 Å². The van der Waals surface area contributed by atoms with Gasteiger partial charge in [-0.25, -0.2) is 4.79 Å². The van der Waals surface area contributed by atoms with Gasteiger partial charge in [-0.15, -0.1) is 0 Å². The molecule has 1 fully saturated rings. The molecule has 1 N–H and O–H groups in total. The second kappa shape index (κ2) is 5.35. The van der Waals surface area contributed by atoms with Crippen LogP contribution >= 0.6 is 0 Å². The minimum absolute atomic E-state index is 0.00303. The lowest BCUT2D eigenvalue weighted by molar-refractivity contribution is -0.159. The van der Waals surface area contributed by atoms with Crippen molar-refractivity contribution in [3.05, 3.63) is 12.2 Å². The number of amides is 1. The van der Waals surface area contributed by atoms with Crippen LogP contribution in [0.2, 0.25) is 0 Å². The molecule has 0 aromatic rings. The Morgan fingerprint density at radius 1 is 1.42 bits per heavy atom. The van der Waals surface area contributed by atoms with Crippen molar-refractivity contribution in [2.24, 2.45) is 11.3 Å². The lowest BCUT2D eigenvalue weighted by Gasteiger charge is -2.44. The van der Waals surface area contributed by atoms with Gasteiger partial charge in [0.25, 0.3) is 0 Å². The van der Waals surface area contributed by atoms with E-state index in [4.69, 9.17) is 0 Å². The third-order valence-electron chi connectivity index (χ3n) is 4.38. The Bertz CT molecular complexity index is 400. The summed E-state index contributed by atoms with van der Waals surface area (Å²) in [4.78, 5) is 25.5. The second-order valence-electron chi connectivity index (χ2n) is 6.39. The van der Waals surface area contributed by atoms with Gasteiger partial charge in [-0.05, 0) is 37.0 Å². The average molecular weight is 265 g/mol. The molecule has 2 atom stereocenters. The molecule has 0 spiro atoms. The number of rotatable bonds is 3. The number of carboxylic acids is 1. The zero-order chi connectivity index (χ0) is 14.0. The van der Waals surface area contributed by atoms with E-state index in [9.17, 15) is 14.7 Å². The molecule has 1 saturated heterocycles. The molecule has 0 bridgehead atoms. The number of hydrogen-bond acceptors (Lipinski definition) is 2. The molecule has 2 unspecified atom stereocenters. The van der Waals surface area contributed by atoms with Crippen molar-refractivity contribution in [3.63, 3.8) is 0 Å². The third-order valence-corrected chi connectivity index (χ3v) is 4.38. The normalized spacial score (nSPS) is 29.5. The van der Waals surface area contributed by atoms with Gasteiger partial charge in [0.2, 0.25) is 5.91 Å². The first-order valence-corrected chi connectivity index (χ1v) is 7.11. The van der Waals surface area contributed by atoms with Crippen molar-refractivity contribution in [3.8, 4) is 0 Å². The van der Waals surface area contributed by atoms with E-state index < -0.39 is 12.0 Å². The van der Waals surface area contributed by atoms with Crippen LogP contribution in [0, 0.1) is 11.3 Å². The monoisotopic (exact) mass is 265 g/mol. The van der Waals surface area contributed by atoms with E-state index >= 15 is 0 Å². The number of carbonyl (C=O) groups excluding carboxylic acids is 1. The summed E-state index contributed by atoms with van der Waals surface area (Å²) >= 11 is 0. The van der Waals surface area contributed by atoms with Crippen LogP contribution in [-0.2, 0) is 9.59 Å². The summed E-state index contributed by atoms with van der Waals surface area (Å²) in [7, 11) is 0. The molecule has 106 valence electrons. The molecular formula is C15H23NO3. The fraction of sp³-hybridized carbons (Fsp3) is 0.733. The van der Waals surface area contributed by atoms with Gasteiger partial charge in [0.05, 0.1) is 0 Å². The first-order chi connectivity index (χ1) is 8.92. The van der Waals surface area contributed by atoms with Crippen LogP contribution in [0.3, 0.4) is 0 Å². The molecule has 2 rings (SSSR count). The summed E-state index contributed by atoms with van der Waals surface area (Å²) in [6, 6.07) is -0.681. The molecule has 0 saturated carbocycles. The highest BCUT2D eigenvalue weighted by Gasteiger charge is 2.44. The number of likely N-dealkylation sites (tertiary alicyclic amines) is 1. The summed E-state index contributed by atoms with van der Waals surface area (Å²) < 4.78 is 0. The van der Waals surface area contributed by atoms with Gasteiger partial charge in [-0.3, -0.25) is 4.79 Å². The average Bonchev–Trinajstić information content (AvgIpc) is 2.79. The first kappa shape index (κ1) is 14.1. The minimum atomic E-state index is -0.875. The first-order valence-electron chi connectivity index (χ1n) is 7.11.